The average Bonchev–Trinajstić information content (AvgIpc) is 3.13. The zero-order valence-corrected chi connectivity index (χ0v) is 36.9. The molecule has 3 atom stereocenters. The van der Waals surface area contributed by atoms with Crippen molar-refractivity contribution in [1.29, 1.82) is 0 Å². The van der Waals surface area contributed by atoms with Gasteiger partial charge >= 0.3 is 47.5 Å². The first kappa shape index (κ1) is 55.4. The number of aliphatic carboxylic acids is 3. The van der Waals surface area contributed by atoms with E-state index in [-0.39, 0.29) is 105 Å². The summed E-state index contributed by atoms with van der Waals surface area (Å²) in [5, 5.41) is 38.8. The van der Waals surface area contributed by atoms with Crippen molar-refractivity contribution in [3.05, 3.63) is 0 Å². The summed E-state index contributed by atoms with van der Waals surface area (Å²) in [6.07, 6.45) is 21.2. The largest absolute Gasteiger partial charge is 1.00 e. The molecule has 3 unspecified atom stereocenters. The maximum absolute atomic E-state index is 12.5. The van der Waals surface area contributed by atoms with E-state index in [4.69, 9.17) is 0 Å². The quantitative estimate of drug-likeness (QED) is 0.0353. The molecular formula is C41H74N4NaO10+. The van der Waals surface area contributed by atoms with Crippen LogP contribution < -0.4 is 50.8 Å². The van der Waals surface area contributed by atoms with Crippen LogP contribution in [0, 0.1) is 0 Å². The van der Waals surface area contributed by atoms with Crippen molar-refractivity contribution in [2.45, 2.75) is 212 Å². The molecular weight excluding hydrogens is 731 g/mol. The summed E-state index contributed by atoms with van der Waals surface area (Å²) in [5.74, 6) is -5.27. The van der Waals surface area contributed by atoms with Crippen LogP contribution >= 0.6 is 0 Å². The molecule has 56 heavy (non-hydrogen) atoms. The Kier molecular flexibility index (Phi) is 37.4. The standard InChI is InChI=1S/C41H74N4O10.Na/c1-3-5-7-9-11-13-15-17-19-26-36(47)43-33(40(52)53)25-23-28-35(46)42-31-22-21-24-32(39(50)51)44-38(49)30-29-34(41(54)55)45-37(48)27-20-18-16-14-12-10-8-6-4-2;/h32-34H,3-31H2,1-2H3,(H,42,46)(H,43,47)(H,44,49)(H,45,48)(H,50,51)(H,52,53)(H,54,55);/q;+1. The maximum Gasteiger partial charge on any atom is 1.00 e. The molecule has 0 spiro atoms. The van der Waals surface area contributed by atoms with Crippen LogP contribution in [0.15, 0.2) is 0 Å². The molecule has 0 aliphatic rings. The van der Waals surface area contributed by atoms with Gasteiger partial charge in [0.1, 0.15) is 18.1 Å². The number of carbonyl (C=O) groups excluding carboxylic acids is 4. The third-order valence-electron chi connectivity index (χ3n) is 9.71. The molecule has 0 heterocycles. The summed E-state index contributed by atoms with van der Waals surface area (Å²) in [6, 6.07) is -3.52. The predicted octanol–water partition coefficient (Wildman–Crippen LogP) is 3.78. The Morgan fingerprint density at radius 1 is 0.375 bits per heavy atom. The van der Waals surface area contributed by atoms with Gasteiger partial charge in [-0.05, 0) is 51.4 Å². The molecule has 0 rings (SSSR count). The molecule has 0 saturated carbocycles. The normalized spacial score (nSPS) is 12.4. The van der Waals surface area contributed by atoms with Crippen molar-refractivity contribution in [2.75, 3.05) is 6.54 Å². The first-order valence-electron chi connectivity index (χ1n) is 21.2. The van der Waals surface area contributed by atoms with Gasteiger partial charge in [-0.25, -0.2) is 14.4 Å². The fraction of sp³-hybridized carbons (Fsp3) is 0.829. The van der Waals surface area contributed by atoms with Crippen LogP contribution in [0.25, 0.3) is 0 Å². The molecule has 4 amide bonds. The van der Waals surface area contributed by atoms with Crippen LogP contribution in [0.4, 0.5) is 0 Å². The molecule has 0 saturated heterocycles. The van der Waals surface area contributed by atoms with Gasteiger partial charge in [-0.2, -0.15) is 0 Å². The second-order valence-corrected chi connectivity index (χ2v) is 14.8. The van der Waals surface area contributed by atoms with E-state index in [0.717, 1.165) is 38.5 Å². The van der Waals surface area contributed by atoms with Crippen LogP contribution in [0.2, 0.25) is 0 Å². The summed E-state index contributed by atoms with van der Waals surface area (Å²) in [7, 11) is 0. The van der Waals surface area contributed by atoms with Gasteiger partial charge in [0.15, 0.2) is 0 Å². The molecule has 0 aromatic heterocycles. The van der Waals surface area contributed by atoms with E-state index in [0.29, 0.717) is 25.7 Å². The number of hydrogen-bond acceptors (Lipinski definition) is 7. The molecule has 0 aromatic carbocycles. The Bertz CT molecular complexity index is 1110. The fourth-order valence-electron chi connectivity index (χ4n) is 6.30. The number of nitrogens with one attached hydrogen (secondary N) is 4. The number of carboxylic acid groups (broad SMARTS) is 3. The van der Waals surface area contributed by atoms with Crippen LogP contribution in [0.1, 0.15) is 194 Å². The van der Waals surface area contributed by atoms with Crippen molar-refractivity contribution in [3.8, 4) is 0 Å². The number of carbonyl (C=O) groups is 7. The molecule has 0 aliphatic carbocycles. The van der Waals surface area contributed by atoms with Gasteiger partial charge in [0.05, 0.1) is 0 Å². The van der Waals surface area contributed by atoms with E-state index in [2.05, 4.69) is 35.1 Å². The van der Waals surface area contributed by atoms with Crippen LogP contribution in [0.3, 0.4) is 0 Å². The topological polar surface area (TPSA) is 228 Å². The molecule has 15 heteroatoms. The Balaban J connectivity index is 0. The summed E-state index contributed by atoms with van der Waals surface area (Å²) in [6.45, 7) is 4.63. The minimum atomic E-state index is -1.27. The first-order chi connectivity index (χ1) is 26.4. The number of amides is 4. The molecule has 0 radical (unpaired) electrons. The van der Waals surface area contributed by atoms with Crippen LogP contribution in [-0.4, -0.2) is 81.5 Å². The Hall–Kier alpha value is -2.71. The van der Waals surface area contributed by atoms with Crippen molar-refractivity contribution >= 4 is 41.5 Å². The van der Waals surface area contributed by atoms with E-state index in [1.165, 1.54) is 64.2 Å². The van der Waals surface area contributed by atoms with E-state index < -0.39 is 41.9 Å². The van der Waals surface area contributed by atoms with Crippen LogP contribution in [-0.2, 0) is 33.6 Å². The van der Waals surface area contributed by atoms with Gasteiger partial charge in [0.2, 0.25) is 23.6 Å². The number of carboxylic acids is 3. The van der Waals surface area contributed by atoms with Gasteiger partial charge in [-0.3, -0.25) is 19.2 Å². The van der Waals surface area contributed by atoms with Crippen molar-refractivity contribution in [2.24, 2.45) is 0 Å². The van der Waals surface area contributed by atoms with Gasteiger partial charge in [-0.1, -0.05) is 117 Å². The number of rotatable bonds is 38. The Morgan fingerprint density at radius 3 is 1.09 bits per heavy atom. The molecule has 0 fully saturated rings. The van der Waals surface area contributed by atoms with Gasteiger partial charge in [0.25, 0.3) is 0 Å². The molecule has 0 aromatic rings. The number of hydrogen-bond donors (Lipinski definition) is 7. The van der Waals surface area contributed by atoms with Gasteiger partial charge in [-0.15, -0.1) is 0 Å². The predicted molar refractivity (Wildman–Crippen MR) is 212 cm³/mol. The molecule has 14 nitrogen and oxygen atoms in total. The zero-order valence-electron chi connectivity index (χ0n) is 34.9. The number of unbranched alkanes of at least 4 members (excludes halogenated alkanes) is 17. The van der Waals surface area contributed by atoms with Crippen molar-refractivity contribution < 1.29 is 78.4 Å². The van der Waals surface area contributed by atoms with Crippen molar-refractivity contribution in [3.63, 3.8) is 0 Å². The Morgan fingerprint density at radius 2 is 0.696 bits per heavy atom. The molecule has 0 aliphatic heterocycles. The van der Waals surface area contributed by atoms with Gasteiger partial charge < -0.3 is 36.6 Å². The SMILES string of the molecule is CCCCCCCCCCCC(=O)NC(CCCC(=O)NCCCCC(NC(=O)CCC(NC(=O)CCCCCCCCCCC)C(=O)O)C(=O)O)C(=O)O.[Na+]. The minimum Gasteiger partial charge on any atom is -0.480 e. The minimum absolute atomic E-state index is 0. The molecule has 318 valence electrons. The smallest absolute Gasteiger partial charge is 0.480 e. The summed E-state index contributed by atoms with van der Waals surface area (Å²) in [5.41, 5.74) is 0. The average molecular weight is 806 g/mol. The second-order valence-electron chi connectivity index (χ2n) is 14.8. The van der Waals surface area contributed by atoms with Crippen molar-refractivity contribution in [1.82, 2.24) is 21.3 Å². The maximum atomic E-state index is 12.5. The Labute approximate surface area is 357 Å². The summed E-state index contributed by atoms with van der Waals surface area (Å²) < 4.78 is 0. The van der Waals surface area contributed by atoms with E-state index in [1.807, 2.05) is 0 Å². The second kappa shape index (κ2) is 37.8. The monoisotopic (exact) mass is 806 g/mol. The summed E-state index contributed by atoms with van der Waals surface area (Å²) in [4.78, 5) is 84.3. The zero-order chi connectivity index (χ0) is 41.1. The third kappa shape index (κ3) is 33.4. The van der Waals surface area contributed by atoms with Crippen LogP contribution in [0.5, 0.6) is 0 Å². The van der Waals surface area contributed by atoms with E-state index in [9.17, 15) is 48.9 Å². The first-order valence-corrected chi connectivity index (χ1v) is 21.2. The van der Waals surface area contributed by atoms with E-state index >= 15 is 0 Å². The van der Waals surface area contributed by atoms with Gasteiger partial charge in [0, 0.05) is 32.2 Å². The molecule has 7 N–H and O–H groups in total. The fourth-order valence-corrected chi connectivity index (χ4v) is 6.30. The molecule has 0 bridgehead atoms. The summed E-state index contributed by atoms with van der Waals surface area (Å²) >= 11 is 0. The van der Waals surface area contributed by atoms with E-state index in [1.54, 1.807) is 0 Å². The third-order valence-corrected chi connectivity index (χ3v) is 9.71.